The molecule has 1 atom stereocenters. The highest BCUT2D eigenvalue weighted by molar-refractivity contribution is 6.19. The molecule has 0 aliphatic heterocycles. The average molecular weight is 180 g/mol. The second kappa shape index (κ2) is 4.04. The zero-order chi connectivity index (χ0) is 9.07. The van der Waals surface area contributed by atoms with Crippen LogP contribution in [0.1, 0.15) is 13.8 Å². The first-order valence-corrected chi connectivity index (χ1v) is 3.83. The van der Waals surface area contributed by atoms with E-state index in [9.17, 15) is 4.79 Å². The molecule has 3 nitrogen and oxygen atoms in total. The molecule has 0 spiro atoms. The maximum absolute atomic E-state index is 10.5. The molecule has 1 unspecified atom stereocenters. The third kappa shape index (κ3) is 3.70. The smallest absolute Gasteiger partial charge is 0.140 e. The third-order valence-corrected chi connectivity index (χ3v) is 1.83. The van der Waals surface area contributed by atoms with E-state index in [0.29, 0.717) is 0 Å². The van der Waals surface area contributed by atoms with Gasteiger partial charge in [-0.15, -0.1) is 0 Å². The molecule has 0 heterocycles. The number of alkyl halides is 1. The summed E-state index contributed by atoms with van der Waals surface area (Å²) in [6.07, 6.45) is 0.826. The Morgan fingerprint density at radius 3 is 2.45 bits per heavy atom. The van der Waals surface area contributed by atoms with Gasteiger partial charge in [0.05, 0.1) is 5.54 Å². The first-order chi connectivity index (χ1) is 4.90. The molecule has 0 saturated heterocycles. The van der Waals surface area contributed by atoms with Gasteiger partial charge < -0.3 is 9.90 Å². The monoisotopic (exact) mass is 179 g/mol. The van der Waals surface area contributed by atoms with E-state index in [1.807, 2.05) is 0 Å². The van der Waals surface area contributed by atoms with E-state index in [0.717, 1.165) is 6.29 Å². The van der Waals surface area contributed by atoms with Crippen molar-refractivity contribution in [1.29, 1.82) is 0 Å². The van der Waals surface area contributed by atoms with Gasteiger partial charge in [0, 0.05) is 6.54 Å². The molecule has 0 aromatic heterocycles. The summed E-state index contributed by atoms with van der Waals surface area (Å²) in [6.45, 7) is 3.81. The van der Waals surface area contributed by atoms with Gasteiger partial charge in [-0.3, -0.25) is 4.90 Å². The largest absolute Gasteiger partial charge is 0.376 e. The van der Waals surface area contributed by atoms with Gasteiger partial charge in [0.15, 0.2) is 0 Å². The predicted molar refractivity (Wildman–Crippen MR) is 44.6 cm³/mol. The van der Waals surface area contributed by atoms with Crippen molar-refractivity contribution in [2.45, 2.75) is 24.9 Å². The lowest BCUT2D eigenvalue weighted by Crippen LogP contribution is -2.45. The number of carbonyl (C=O) groups is 1. The maximum Gasteiger partial charge on any atom is 0.140 e. The maximum atomic E-state index is 10.5. The number of aliphatic hydroxyl groups excluding tert-OH is 1. The Balaban J connectivity index is 4.01. The summed E-state index contributed by atoms with van der Waals surface area (Å²) in [4.78, 5) is 12.2. The number of aldehydes is 1. The van der Waals surface area contributed by atoms with Gasteiger partial charge in [0.1, 0.15) is 11.8 Å². The molecule has 66 valence electrons. The fourth-order valence-electron chi connectivity index (χ4n) is 0.551. The van der Waals surface area contributed by atoms with Gasteiger partial charge in [-0.2, -0.15) is 0 Å². The van der Waals surface area contributed by atoms with Crippen LogP contribution in [0.3, 0.4) is 0 Å². The van der Waals surface area contributed by atoms with E-state index >= 15 is 0 Å². The highest BCUT2D eigenvalue weighted by Crippen LogP contribution is 2.09. The van der Waals surface area contributed by atoms with Gasteiger partial charge >= 0.3 is 0 Å². The number of likely N-dealkylation sites (N-methyl/N-ethyl adjacent to an activating group) is 1. The van der Waals surface area contributed by atoms with Gasteiger partial charge in [-0.25, -0.2) is 0 Å². The Bertz CT molecular complexity index is 136. The van der Waals surface area contributed by atoms with Gasteiger partial charge in [-0.05, 0) is 20.9 Å². The number of β-amino-alcohol motifs (C(OH)–C–C–N with tert-alkyl or cyclic N) is 1. The van der Waals surface area contributed by atoms with Gasteiger partial charge in [-0.1, -0.05) is 11.6 Å². The second-order valence-corrected chi connectivity index (χ2v) is 3.59. The van der Waals surface area contributed by atoms with Crippen molar-refractivity contribution in [3.63, 3.8) is 0 Å². The average Bonchev–Trinajstić information content (AvgIpc) is 1.86. The van der Waals surface area contributed by atoms with Crippen molar-refractivity contribution in [1.82, 2.24) is 4.90 Å². The standard InChI is InChI=1S/C7H14ClNO2/c1-7(2,5-10)9(3)4-6(8)11/h5-6,11H,4H2,1-3H3. The summed E-state index contributed by atoms with van der Waals surface area (Å²) in [6, 6.07) is 0. The number of carbonyl (C=O) groups excluding carboxylic acids is 1. The number of halogens is 1. The summed E-state index contributed by atoms with van der Waals surface area (Å²) in [7, 11) is 1.74. The zero-order valence-corrected chi connectivity index (χ0v) is 7.80. The highest BCUT2D eigenvalue weighted by Gasteiger charge is 2.23. The Morgan fingerprint density at radius 2 is 2.18 bits per heavy atom. The van der Waals surface area contributed by atoms with Crippen LogP contribution in [-0.2, 0) is 4.79 Å². The van der Waals surface area contributed by atoms with Gasteiger partial charge in [0.25, 0.3) is 0 Å². The second-order valence-electron chi connectivity index (χ2n) is 3.09. The van der Waals surface area contributed by atoms with E-state index in [4.69, 9.17) is 16.7 Å². The molecule has 0 saturated carbocycles. The lowest BCUT2D eigenvalue weighted by Gasteiger charge is -2.30. The molecule has 0 bridgehead atoms. The van der Waals surface area contributed by atoms with E-state index in [1.165, 1.54) is 0 Å². The molecule has 11 heavy (non-hydrogen) atoms. The van der Waals surface area contributed by atoms with Crippen molar-refractivity contribution < 1.29 is 9.90 Å². The molecule has 4 heteroatoms. The fourth-order valence-corrected chi connectivity index (χ4v) is 0.758. The van der Waals surface area contributed by atoms with Crippen molar-refractivity contribution in [2.75, 3.05) is 13.6 Å². The minimum absolute atomic E-state index is 0.285. The quantitative estimate of drug-likeness (QED) is 0.504. The Labute approximate surface area is 71.9 Å². The number of nitrogens with zero attached hydrogens (tertiary/aromatic N) is 1. The normalized spacial score (nSPS) is 15.1. The van der Waals surface area contributed by atoms with Crippen LogP contribution in [0.4, 0.5) is 0 Å². The first kappa shape index (κ1) is 10.9. The van der Waals surface area contributed by atoms with Crippen molar-refractivity contribution in [3.05, 3.63) is 0 Å². The Morgan fingerprint density at radius 1 is 1.73 bits per heavy atom. The van der Waals surface area contributed by atoms with Crippen LogP contribution < -0.4 is 0 Å². The Kier molecular flexibility index (Phi) is 4.00. The van der Waals surface area contributed by atoms with E-state index in [1.54, 1.807) is 25.8 Å². The molecule has 1 N–H and O–H groups in total. The topological polar surface area (TPSA) is 40.5 Å². The molecule has 0 aliphatic rings. The molecular weight excluding hydrogens is 166 g/mol. The van der Waals surface area contributed by atoms with Gasteiger partial charge in [0.2, 0.25) is 0 Å². The molecular formula is C7H14ClNO2. The minimum Gasteiger partial charge on any atom is -0.376 e. The van der Waals surface area contributed by atoms with Crippen molar-refractivity contribution in [2.24, 2.45) is 0 Å². The summed E-state index contributed by atoms with van der Waals surface area (Å²) in [5.74, 6) is 0. The predicted octanol–water partition coefficient (Wildman–Crippen LogP) is 0.453. The molecule has 0 radical (unpaired) electrons. The lowest BCUT2D eigenvalue weighted by molar-refractivity contribution is -0.116. The van der Waals surface area contributed by atoms with Crippen LogP contribution in [-0.4, -0.2) is 41.0 Å². The van der Waals surface area contributed by atoms with Crippen LogP contribution in [0.2, 0.25) is 0 Å². The summed E-state index contributed by atoms with van der Waals surface area (Å²) >= 11 is 5.33. The number of hydrogen-bond acceptors (Lipinski definition) is 3. The van der Waals surface area contributed by atoms with E-state index in [2.05, 4.69) is 0 Å². The SMILES string of the molecule is CN(CC(O)Cl)C(C)(C)C=O. The van der Waals surface area contributed by atoms with E-state index in [-0.39, 0.29) is 6.54 Å². The number of aliphatic hydroxyl groups is 1. The lowest BCUT2D eigenvalue weighted by atomic mass is 10.1. The fraction of sp³-hybridized carbons (Fsp3) is 0.857. The minimum atomic E-state index is -0.917. The Hall–Kier alpha value is -0.120. The molecule has 0 aromatic carbocycles. The van der Waals surface area contributed by atoms with Crippen LogP contribution in [0.15, 0.2) is 0 Å². The molecule has 0 fully saturated rings. The zero-order valence-electron chi connectivity index (χ0n) is 7.04. The highest BCUT2D eigenvalue weighted by atomic mass is 35.5. The summed E-state index contributed by atoms with van der Waals surface area (Å²) in [5.41, 5.74) is -1.48. The van der Waals surface area contributed by atoms with Crippen LogP contribution in [0, 0.1) is 0 Å². The van der Waals surface area contributed by atoms with Crippen molar-refractivity contribution >= 4 is 17.9 Å². The first-order valence-electron chi connectivity index (χ1n) is 3.40. The summed E-state index contributed by atoms with van der Waals surface area (Å²) < 4.78 is 0. The summed E-state index contributed by atoms with van der Waals surface area (Å²) in [5, 5.41) is 8.79. The number of hydrogen-bond donors (Lipinski definition) is 1. The van der Waals surface area contributed by atoms with Crippen LogP contribution in [0.25, 0.3) is 0 Å². The molecule has 0 aromatic rings. The molecule has 0 rings (SSSR count). The molecule has 0 aliphatic carbocycles. The van der Waals surface area contributed by atoms with Crippen LogP contribution >= 0.6 is 11.6 Å². The molecule has 0 amide bonds. The third-order valence-electron chi connectivity index (χ3n) is 1.70. The van der Waals surface area contributed by atoms with E-state index < -0.39 is 11.1 Å². The van der Waals surface area contributed by atoms with Crippen molar-refractivity contribution in [3.8, 4) is 0 Å². The van der Waals surface area contributed by atoms with Crippen LogP contribution in [0.5, 0.6) is 0 Å². The number of rotatable bonds is 4.